The standard InChI is InChI=1S/C23H29N3O3/c1-25-10-9-18-15-17(7-8-20(18)25)21(26-11-13-29-14-12-26)16-24-23(27)19-5-3-4-6-22(19)28-2/h3-8,15,21H,9-14,16H2,1-2H3,(H,24,27)/t21-/m1/s1. The fourth-order valence-electron chi connectivity index (χ4n) is 4.26. The van der Waals surface area contributed by atoms with Crippen LogP contribution in [0.2, 0.25) is 0 Å². The smallest absolute Gasteiger partial charge is 0.255 e. The number of methoxy groups -OCH3 is 1. The van der Waals surface area contributed by atoms with Crippen LogP contribution in [-0.4, -0.2) is 64.4 Å². The second kappa shape index (κ2) is 8.84. The Labute approximate surface area is 172 Å². The van der Waals surface area contributed by atoms with Crippen molar-refractivity contribution in [3.63, 3.8) is 0 Å². The fourth-order valence-corrected chi connectivity index (χ4v) is 4.26. The molecule has 4 rings (SSSR count). The van der Waals surface area contributed by atoms with Gasteiger partial charge in [0.1, 0.15) is 5.75 Å². The summed E-state index contributed by atoms with van der Waals surface area (Å²) in [7, 11) is 3.72. The van der Waals surface area contributed by atoms with Gasteiger partial charge in [-0.1, -0.05) is 24.3 Å². The number of fused-ring (bicyclic) bond motifs is 1. The van der Waals surface area contributed by atoms with Crippen LogP contribution in [0.25, 0.3) is 0 Å². The molecule has 0 radical (unpaired) electrons. The van der Waals surface area contributed by atoms with Gasteiger partial charge in [-0.15, -0.1) is 0 Å². The molecule has 29 heavy (non-hydrogen) atoms. The number of para-hydroxylation sites is 1. The van der Waals surface area contributed by atoms with E-state index in [4.69, 9.17) is 9.47 Å². The maximum atomic E-state index is 12.8. The highest BCUT2D eigenvalue weighted by Crippen LogP contribution is 2.31. The first-order valence-corrected chi connectivity index (χ1v) is 10.2. The Kier molecular flexibility index (Phi) is 6.02. The van der Waals surface area contributed by atoms with Crippen LogP contribution in [0.4, 0.5) is 5.69 Å². The third-order valence-corrected chi connectivity index (χ3v) is 5.91. The van der Waals surface area contributed by atoms with Gasteiger partial charge >= 0.3 is 0 Å². The fraction of sp³-hybridized carbons (Fsp3) is 0.435. The highest BCUT2D eigenvalue weighted by molar-refractivity contribution is 5.96. The average Bonchev–Trinajstić information content (AvgIpc) is 3.14. The topological polar surface area (TPSA) is 54.0 Å². The van der Waals surface area contributed by atoms with E-state index in [1.165, 1.54) is 16.8 Å². The van der Waals surface area contributed by atoms with E-state index >= 15 is 0 Å². The Morgan fingerprint density at radius 3 is 2.76 bits per heavy atom. The minimum absolute atomic E-state index is 0.110. The van der Waals surface area contributed by atoms with Crippen LogP contribution in [0.1, 0.15) is 27.5 Å². The first-order chi connectivity index (χ1) is 14.2. The van der Waals surface area contributed by atoms with Gasteiger partial charge in [0.2, 0.25) is 0 Å². The molecule has 0 unspecified atom stereocenters. The number of amides is 1. The maximum absolute atomic E-state index is 12.8. The van der Waals surface area contributed by atoms with Gasteiger partial charge in [-0.3, -0.25) is 9.69 Å². The molecule has 0 saturated carbocycles. The van der Waals surface area contributed by atoms with Crippen molar-refractivity contribution in [3.8, 4) is 5.75 Å². The van der Waals surface area contributed by atoms with Crippen LogP contribution in [0.5, 0.6) is 5.75 Å². The zero-order valence-corrected chi connectivity index (χ0v) is 17.2. The van der Waals surface area contributed by atoms with Crippen LogP contribution >= 0.6 is 0 Å². The van der Waals surface area contributed by atoms with E-state index in [9.17, 15) is 4.79 Å². The zero-order valence-electron chi connectivity index (χ0n) is 17.2. The molecule has 2 aliphatic heterocycles. The van der Waals surface area contributed by atoms with Crippen LogP contribution in [-0.2, 0) is 11.2 Å². The molecule has 0 bridgehead atoms. The summed E-state index contributed by atoms with van der Waals surface area (Å²) in [6.07, 6.45) is 1.07. The minimum atomic E-state index is -0.110. The van der Waals surface area contributed by atoms with E-state index in [-0.39, 0.29) is 11.9 Å². The number of carbonyl (C=O) groups excluding carboxylic acids is 1. The number of ether oxygens (including phenoxy) is 2. The van der Waals surface area contributed by atoms with Crippen LogP contribution in [0, 0.1) is 0 Å². The largest absolute Gasteiger partial charge is 0.496 e. The predicted molar refractivity (Wildman–Crippen MR) is 114 cm³/mol. The lowest BCUT2D eigenvalue weighted by atomic mass is 10.00. The van der Waals surface area contributed by atoms with Gasteiger partial charge in [0.15, 0.2) is 0 Å². The summed E-state index contributed by atoms with van der Waals surface area (Å²) in [5, 5.41) is 3.13. The number of nitrogens with one attached hydrogen (secondary N) is 1. The van der Waals surface area contributed by atoms with Gasteiger partial charge in [-0.25, -0.2) is 0 Å². The molecule has 6 heteroatoms. The van der Waals surface area contributed by atoms with E-state index in [1.807, 2.05) is 18.2 Å². The number of hydrogen-bond acceptors (Lipinski definition) is 5. The Morgan fingerprint density at radius 2 is 1.97 bits per heavy atom. The number of nitrogens with zero attached hydrogens (tertiary/aromatic N) is 2. The molecule has 2 aromatic carbocycles. The normalized spacial score (nSPS) is 17.7. The number of rotatable bonds is 6. The minimum Gasteiger partial charge on any atom is -0.496 e. The molecule has 2 heterocycles. The van der Waals surface area contributed by atoms with Crippen molar-refractivity contribution in [2.45, 2.75) is 12.5 Å². The lowest BCUT2D eigenvalue weighted by Crippen LogP contribution is -2.43. The van der Waals surface area contributed by atoms with Crippen molar-refractivity contribution in [2.24, 2.45) is 0 Å². The van der Waals surface area contributed by atoms with Crippen LogP contribution in [0.3, 0.4) is 0 Å². The van der Waals surface area contributed by atoms with Crippen molar-refractivity contribution in [1.82, 2.24) is 10.2 Å². The van der Waals surface area contributed by atoms with Crippen molar-refractivity contribution in [1.29, 1.82) is 0 Å². The van der Waals surface area contributed by atoms with Gasteiger partial charge in [-0.2, -0.15) is 0 Å². The van der Waals surface area contributed by atoms with E-state index in [2.05, 4.69) is 40.4 Å². The number of morpholine rings is 1. The molecule has 2 aliphatic rings. The first kappa shape index (κ1) is 19.7. The molecule has 0 aliphatic carbocycles. The summed E-state index contributed by atoms with van der Waals surface area (Å²) in [4.78, 5) is 17.5. The van der Waals surface area contributed by atoms with Gasteiger partial charge in [-0.05, 0) is 35.7 Å². The molecule has 6 nitrogen and oxygen atoms in total. The molecule has 1 fully saturated rings. The Bertz CT molecular complexity index is 864. The van der Waals surface area contributed by atoms with E-state index in [1.54, 1.807) is 13.2 Å². The molecular formula is C23H29N3O3. The monoisotopic (exact) mass is 395 g/mol. The number of likely N-dealkylation sites (N-methyl/N-ethyl adjacent to an activating group) is 1. The molecule has 154 valence electrons. The SMILES string of the molecule is COc1ccccc1C(=O)NC[C@H](c1ccc2c(c1)CCN2C)N1CCOCC1. The second-order valence-corrected chi connectivity index (χ2v) is 7.63. The number of anilines is 1. The van der Waals surface area contributed by atoms with Crippen LogP contribution < -0.4 is 15.0 Å². The summed E-state index contributed by atoms with van der Waals surface area (Å²) < 4.78 is 10.9. The van der Waals surface area contributed by atoms with Gasteiger partial charge < -0.3 is 19.7 Å². The molecule has 1 N–H and O–H groups in total. The molecule has 1 amide bonds. The van der Waals surface area contributed by atoms with Crippen molar-refractivity contribution in [2.75, 3.05) is 58.5 Å². The third-order valence-electron chi connectivity index (χ3n) is 5.91. The zero-order chi connectivity index (χ0) is 20.2. The predicted octanol–water partition coefficient (Wildman–Crippen LogP) is 2.49. The molecule has 2 aromatic rings. The average molecular weight is 396 g/mol. The summed E-state index contributed by atoms with van der Waals surface area (Å²) in [6.45, 7) is 4.80. The second-order valence-electron chi connectivity index (χ2n) is 7.63. The third kappa shape index (κ3) is 4.23. The molecule has 0 spiro atoms. The summed E-state index contributed by atoms with van der Waals surface area (Å²) in [5.74, 6) is 0.482. The number of carbonyl (C=O) groups is 1. The number of benzene rings is 2. The molecule has 1 atom stereocenters. The summed E-state index contributed by atoms with van der Waals surface area (Å²) in [6, 6.07) is 14.2. The lowest BCUT2D eigenvalue weighted by Gasteiger charge is -2.35. The quantitative estimate of drug-likeness (QED) is 0.815. The highest BCUT2D eigenvalue weighted by Gasteiger charge is 2.26. The molecular weight excluding hydrogens is 366 g/mol. The van der Waals surface area contributed by atoms with Crippen LogP contribution in [0.15, 0.2) is 42.5 Å². The summed E-state index contributed by atoms with van der Waals surface area (Å²) in [5.41, 5.74) is 4.51. The Hall–Kier alpha value is -2.57. The summed E-state index contributed by atoms with van der Waals surface area (Å²) >= 11 is 0. The lowest BCUT2D eigenvalue weighted by molar-refractivity contribution is 0.0162. The van der Waals surface area contributed by atoms with Crippen molar-refractivity contribution in [3.05, 3.63) is 59.2 Å². The van der Waals surface area contributed by atoms with Gasteiger partial charge in [0.05, 0.1) is 31.9 Å². The Balaban J connectivity index is 1.54. The number of hydrogen-bond donors (Lipinski definition) is 1. The highest BCUT2D eigenvalue weighted by atomic mass is 16.5. The Morgan fingerprint density at radius 1 is 1.17 bits per heavy atom. The maximum Gasteiger partial charge on any atom is 0.255 e. The van der Waals surface area contributed by atoms with E-state index in [0.29, 0.717) is 17.9 Å². The molecule has 0 aromatic heterocycles. The van der Waals surface area contributed by atoms with Crippen molar-refractivity contribution < 1.29 is 14.3 Å². The van der Waals surface area contributed by atoms with E-state index < -0.39 is 0 Å². The molecule has 1 saturated heterocycles. The van der Waals surface area contributed by atoms with E-state index in [0.717, 1.165) is 39.3 Å². The van der Waals surface area contributed by atoms with Gasteiger partial charge in [0, 0.05) is 38.9 Å². The van der Waals surface area contributed by atoms with Gasteiger partial charge in [0.25, 0.3) is 5.91 Å². The first-order valence-electron chi connectivity index (χ1n) is 10.2. The van der Waals surface area contributed by atoms with Crippen molar-refractivity contribution >= 4 is 11.6 Å².